The van der Waals surface area contributed by atoms with Gasteiger partial charge in [-0.05, 0) is 59.6 Å². The molecule has 4 heteroatoms. The van der Waals surface area contributed by atoms with Crippen molar-refractivity contribution in [2.75, 3.05) is 6.61 Å². The van der Waals surface area contributed by atoms with Crippen LogP contribution in [0, 0.1) is 28.5 Å². The lowest BCUT2D eigenvalue weighted by molar-refractivity contribution is -0.137. The summed E-state index contributed by atoms with van der Waals surface area (Å²) in [6.07, 6.45) is 3.84. The molecule has 3 fully saturated rings. The number of halogens is 1. The summed E-state index contributed by atoms with van der Waals surface area (Å²) < 4.78 is 19.5. The van der Waals surface area contributed by atoms with Gasteiger partial charge in [0.2, 0.25) is 5.91 Å². The summed E-state index contributed by atoms with van der Waals surface area (Å²) in [5, 5.41) is 3.37. The Labute approximate surface area is 149 Å². The van der Waals surface area contributed by atoms with Crippen LogP contribution in [0.5, 0.6) is 0 Å². The number of hydrogen-bond acceptors (Lipinski definition) is 2. The summed E-state index contributed by atoms with van der Waals surface area (Å²) in [7, 11) is 0. The average Bonchev–Trinajstić information content (AvgIpc) is 3.08. The Balaban J connectivity index is 1.69. The van der Waals surface area contributed by atoms with Crippen molar-refractivity contribution in [3.8, 4) is 0 Å². The minimum Gasteiger partial charge on any atom is -0.373 e. The molecule has 1 aromatic carbocycles. The van der Waals surface area contributed by atoms with Crippen molar-refractivity contribution >= 4 is 5.91 Å². The molecule has 1 N–H and O–H groups in total. The lowest BCUT2D eigenvalue weighted by atomic mass is 9.59. The molecule has 1 saturated heterocycles. The fourth-order valence-corrected chi connectivity index (χ4v) is 6.03. The van der Waals surface area contributed by atoms with E-state index in [9.17, 15) is 9.18 Å². The molecule has 2 saturated carbocycles. The van der Waals surface area contributed by atoms with Crippen LogP contribution in [0.4, 0.5) is 4.39 Å². The Kier molecular flexibility index (Phi) is 3.95. The molecule has 2 bridgehead atoms. The van der Waals surface area contributed by atoms with E-state index in [1.54, 1.807) is 0 Å². The maximum atomic E-state index is 13.3. The highest BCUT2D eigenvalue weighted by Crippen LogP contribution is 2.70. The van der Waals surface area contributed by atoms with Crippen molar-refractivity contribution in [2.24, 2.45) is 22.7 Å². The van der Waals surface area contributed by atoms with Crippen molar-refractivity contribution in [2.45, 2.75) is 58.6 Å². The molecule has 4 rings (SSSR count). The van der Waals surface area contributed by atoms with Crippen molar-refractivity contribution < 1.29 is 13.9 Å². The maximum Gasteiger partial charge on any atom is 0.219 e. The summed E-state index contributed by atoms with van der Waals surface area (Å²) in [5.41, 5.74) is 1.29. The monoisotopic (exact) mass is 345 g/mol. The third kappa shape index (κ3) is 2.44. The molecule has 1 aliphatic heterocycles. The number of nitrogens with one attached hydrogen (secondary N) is 1. The minimum atomic E-state index is -0.212. The topological polar surface area (TPSA) is 38.3 Å². The van der Waals surface area contributed by atoms with Crippen LogP contribution >= 0.6 is 0 Å². The third-order valence-corrected chi connectivity index (χ3v) is 7.33. The molecule has 136 valence electrons. The number of carbonyl (C=O) groups excluding carboxylic acids is 1. The lowest BCUT2D eigenvalue weighted by Crippen LogP contribution is -2.58. The van der Waals surface area contributed by atoms with E-state index in [0.29, 0.717) is 24.9 Å². The molecule has 2 aliphatic carbocycles. The second-order valence-corrected chi connectivity index (χ2v) is 8.74. The van der Waals surface area contributed by atoms with Crippen molar-refractivity contribution in [3.05, 3.63) is 35.6 Å². The van der Waals surface area contributed by atoms with Crippen molar-refractivity contribution in [1.29, 1.82) is 0 Å². The number of amides is 1. The van der Waals surface area contributed by atoms with E-state index in [4.69, 9.17) is 4.74 Å². The first-order valence-electron chi connectivity index (χ1n) is 9.55. The van der Waals surface area contributed by atoms with Crippen LogP contribution < -0.4 is 5.32 Å². The van der Waals surface area contributed by atoms with Gasteiger partial charge in [0.25, 0.3) is 0 Å². The highest BCUT2D eigenvalue weighted by atomic mass is 19.1. The molecule has 25 heavy (non-hydrogen) atoms. The minimum absolute atomic E-state index is 0.0106. The van der Waals surface area contributed by atoms with Crippen LogP contribution in [0.2, 0.25) is 0 Å². The van der Waals surface area contributed by atoms with Gasteiger partial charge in [-0.2, -0.15) is 0 Å². The van der Waals surface area contributed by atoms with Gasteiger partial charge in [0.15, 0.2) is 0 Å². The predicted octanol–water partition coefficient (Wildman–Crippen LogP) is 4.23. The van der Waals surface area contributed by atoms with Crippen molar-refractivity contribution in [3.63, 3.8) is 0 Å². The second-order valence-electron chi connectivity index (χ2n) is 8.74. The largest absolute Gasteiger partial charge is 0.373 e. The molecule has 5 atom stereocenters. The zero-order valence-electron chi connectivity index (χ0n) is 15.3. The molecule has 0 aromatic heterocycles. The van der Waals surface area contributed by atoms with Gasteiger partial charge in [-0.25, -0.2) is 4.39 Å². The van der Waals surface area contributed by atoms with Crippen LogP contribution in [0.1, 0.15) is 58.1 Å². The first-order valence-corrected chi connectivity index (χ1v) is 9.55. The standard InChI is InChI=1S/C21H28FNO2/c1-4-17(24)23-19-20(2,3)14-11-16-18(13-5-7-15(22)8-6-13)25-10-9-21(16,19)12-14/h5-8,14,16,18-19H,4,9-12H2,1-3H3,(H,23,24)/t14-,16-,18-,19-,21-/m1/s1. The fraction of sp³-hybridized carbons (Fsp3) is 0.667. The van der Waals surface area contributed by atoms with E-state index in [1.807, 2.05) is 19.1 Å². The number of ether oxygens (including phenoxy) is 1. The average molecular weight is 345 g/mol. The molecule has 0 unspecified atom stereocenters. The van der Waals surface area contributed by atoms with Gasteiger partial charge in [0.1, 0.15) is 5.82 Å². The Morgan fingerprint density at radius 3 is 2.72 bits per heavy atom. The van der Waals surface area contributed by atoms with E-state index < -0.39 is 0 Å². The summed E-state index contributed by atoms with van der Waals surface area (Å²) >= 11 is 0. The quantitative estimate of drug-likeness (QED) is 0.890. The Morgan fingerprint density at radius 1 is 1.32 bits per heavy atom. The van der Waals surface area contributed by atoms with Gasteiger partial charge in [0.05, 0.1) is 6.10 Å². The Hall–Kier alpha value is -1.42. The number of rotatable bonds is 3. The van der Waals surface area contributed by atoms with E-state index >= 15 is 0 Å². The van der Waals surface area contributed by atoms with E-state index in [2.05, 4.69) is 19.2 Å². The van der Waals surface area contributed by atoms with Crippen LogP contribution in [-0.2, 0) is 9.53 Å². The molecular weight excluding hydrogens is 317 g/mol. The van der Waals surface area contributed by atoms with Gasteiger partial charge in [-0.15, -0.1) is 0 Å². The van der Waals surface area contributed by atoms with Gasteiger partial charge >= 0.3 is 0 Å². The van der Waals surface area contributed by atoms with Crippen LogP contribution in [0.3, 0.4) is 0 Å². The smallest absolute Gasteiger partial charge is 0.219 e. The molecule has 0 radical (unpaired) electrons. The molecule has 3 nitrogen and oxygen atoms in total. The molecule has 1 heterocycles. The summed E-state index contributed by atoms with van der Waals surface area (Å²) in [4.78, 5) is 12.2. The Morgan fingerprint density at radius 2 is 2.04 bits per heavy atom. The summed E-state index contributed by atoms with van der Waals surface area (Å²) in [6.45, 7) is 7.24. The molecule has 3 aliphatic rings. The lowest BCUT2D eigenvalue weighted by Gasteiger charge is -2.53. The highest BCUT2D eigenvalue weighted by Gasteiger charge is 2.68. The van der Waals surface area contributed by atoms with Gasteiger partial charge < -0.3 is 10.1 Å². The first kappa shape index (κ1) is 17.0. The zero-order valence-corrected chi connectivity index (χ0v) is 15.3. The third-order valence-electron chi connectivity index (χ3n) is 7.33. The van der Waals surface area contributed by atoms with Gasteiger partial charge in [-0.1, -0.05) is 32.9 Å². The number of fused-ring (bicyclic) bond motifs is 1. The second kappa shape index (κ2) is 5.80. The zero-order chi connectivity index (χ0) is 17.8. The summed E-state index contributed by atoms with van der Waals surface area (Å²) in [5.74, 6) is 0.927. The number of benzene rings is 1. The first-order chi connectivity index (χ1) is 11.9. The number of carbonyl (C=O) groups is 1. The SMILES string of the molecule is CCC(=O)N[C@@H]1C(C)(C)[C@@H]2C[C@@H]3[C@@H](c4ccc(F)cc4)OCC[C@@]31C2. The molecule has 1 amide bonds. The molecular formula is C21H28FNO2. The van der Waals surface area contributed by atoms with Gasteiger partial charge in [0, 0.05) is 19.1 Å². The van der Waals surface area contributed by atoms with Crippen molar-refractivity contribution in [1.82, 2.24) is 5.32 Å². The van der Waals surface area contributed by atoms with E-state index in [0.717, 1.165) is 18.4 Å². The predicted molar refractivity (Wildman–Crippen MR) is 94.4 cm³/mol. The maximum absolute atomic E-state index is 13.3. The van der Waals surface area contributed by atoms with Crippen LogP contribution in [0.15, 0.2) is 24.3 Å². The molecule has 1 spiro atoms. The fourth-order valence-electron chi connectivity index (χ4n) is 6.03. The van der Waals surface area contributed by atoms with Crippen LogP contribution in [-0.4, -0.2) is 18.6 Å². The molecule has 1 aromatic rings. The van der Waals surface area contributed by atoms with E-state index in [1.165, 1.54) is 18.6 Å². The summed E-state index contributed by atoms with van der Waals surface area (Å²) in [6, 6.07) is 6.95. The Bertz CT molecular complexity index is 671. The van der Waals surface area contributed by atoms with E-state index in [-0.39, 0.29) is 34.7 Å². The number of hydrogen-bond donors (Lipinski definition) is 1. The highest BCUT2D eigenvalue weighted by molar-refractivity contribution is 5.76. The normalized spacial score (nSPS) is 38.4. The van der Waals surface area contributed by atoms with Crippen LogP contribution in [0.25, 0.3) is 0 Å². The van der Waals surface area contributed by atoms with Gasteiger partial charge in [-0.3, -0.25) is 4.79 Å².